The van der Waals surface area contributed by atoms with Gasteiger partial charge in [0, 0.05) is 13.1 Å². The van der Waals surface area contributed by atoms with E-state index in [1.54, 1.807) is 31.4 Å². The third kappa shape index (κ3) is 3.49. The molecule has 0 radical (unpaired) electrons. The van der Waals surface area contributed by atoms with Crippen molar-refractivity contribution in [3.05, 3.63) is 54.1 Å². The summed E-state index contributed by atoms with van der Waals surface area (Å²) in [5, 5.41) is 3.06. The van der Waals surface area contributed by atoms with E-state index in [2.05, 4.69) is 5.32 Å². The van der Waals surface area contributed by atoms with Crippen molar-refractivity contribution in [2.45, 2.75) is 13.0 Å². The van der Waals surface area contributed by atoms with Crippen LogP contribution >= 0.6 is 0 Å². The van der Waals surface area contributed by atoms with Crippen molar-refractivity contribution < 1.29 is 13.2 Å². The van der Waals surface area contributed by atoms with E-state index in [0.717, 1.165) is 18.5 Å². The molecule has 0 saturated carbocycles. The second-order valence-corrected chi connectivity index (χ2v) is 7.67. The summed E-state index contributed by atoms with van der Waals surface area (Å²) in [7, 11) is -0.179. The van der Waals surface area contributed by atoms with Crippen LogP contribution in [-0.2, 0) is 16.8 Å². The van der Waals surface area contributed by atoms with E-state index in [0.29, 0.717) is 30.2 Å². The highest BCUT2D eigenvalue weighted by atomic mass is 32.2. The molecule has 1 aliphatic rings. The fraction of sp³-hybridized carbons (Fsp3) is 0.333. The highest BCUT2D eigenvalue weighted by Crippen LogP contribution is 2.38. The van der Waals surface area contributed by atoms with Crippen molar-refractivity contribution >= 4 is 21.6 Å². The first-order valence-corrected chi connectivity index (χ1v) is 9.64. The number of anilines is 2. The predicted molar refractivity (Wildman–Crippen MR) is 99.4 cm³/mol. The van der Waals surface area contributed by atoms with Crippen LogP contribution in [0.15, 0.2) is 48.5 Å². The molecule has 1 aliphatic heterocycles. The quantitative estimate of drug-likeness (QED) is 0.803. The van der Waals surface area contributed by atoms with Gasteiger partial charge in [-0.05, 0) is 55.9 Å². The second kappa shape index (κ2) is 7.43. The smallest absolute Gasteiger partial charge is 0.308 e. The minimum absolute atomic E-state index is 0.398. The van der Waals surface area contributed by atoms with Gasteiger partial charge in [-0.15, -0.1) is 0 Å². The summed E-state index contributed by atoms with van der Waals surface area (Å²) in [6, 6.07) is 14.7. The van der Waals surface area contributed by atoms with Crippen LogP contribution in [0.4, 0.5) is 11.4 Å². The van der Waals surface area contributed by atoms with Gasteiger partial charge in [-0.3, -0.25) is 0 Å². The molecule has 25 heavy (non-hydrogen) atoms. The lowest BCUT2D eigenvalue weighted by Crippen LogP contribution is -2.46. The number of benzene rings is 2. The topological polar surface area (TPSA) is 61.9 Å². The zero-order valence-electron chi connectivity index (χ0n) is 14.5. The Labute approximate surface area is 149 Å². The van der Waals surface area contributed by atoms with Crippen LogP contribution in [0.5, 0.6) is 5.75 Å². The Hall–Kier alpha value is -2.09. The average molecular weight is 361 g/mol. The summed E-state index contributed by atoms with van der Waals surface area (Å²) in [4.78, 5) is 0. The molecule has 0 unspecified atom stereocenters. The monoisotopic (exact) mass is 361 g/mol. The van der Waals surface area contributed by atoms with Crippen LogP contribution < -0.4 is 14.4 Å². The fourth-order valence-corrected chi connectivity index (χ4v) is 4.68. The molecule has 7 heteroatoms. The van der Waals surface area contributed by atoms with E-state index in [4.69, 9.17) is 4.74 Å². The standard InChI is InChI=1S/C18H23N3O3S/c1-19-12-5-13-20-14-15-6-3-4-7-18(15)21(25(20,22)23)16-8-10-17(24-2)11-9-16/h3-4,6-11,19H,5,12-14H2,1-2H3. The molecule has 1 heterocycles. The summed E-state index contributed by atoms with van der Waals surface area (Å²) >= 11 is 0. The van der Waals surface area contributed by atoms with Crippen molar-refractivity contribution in [3.63, 3.8) is 0 Å². The Kier molecular flexibility index (Phi) is 5.27. The Morgan fingerprint density at radius 3 is 2.52 bits per heavy atom. The van der Waals surface area contributed by atoms with Crippen LogP contribution in [0.1, 0.15) is 12.0 Å². The molecule has 3 rings (SSSR count). The van der Waals surface area contributed by atoms with Gasteiger partial charge in [-0.1, -0.05) is 18.2 Å². The maximum atomic E-state index is 13.2. The number of nitrogens with one attached hydrogen (secondary N) is 1. The molecule has 2 aromatic rings. The van der Waals surface area contributed by atoms with Crippen LogP contribution in [0.2, 0.25) is 0 Å². The van der Waals surface area contributed by atoms with Crippen LogP contribution in [-0.4, -0.2) is 40.0 Å². The number of fused-ring (bicyclic) bond motifs is 1. The number of hydrogen-bond donors (Lipinski definition) is 1. The summed E-state index contributed by atoms with van der Waals surface area (Å²) < 4.78 is 34.6. The Morgan fingerprint density at radius 2 is 1.84 bits per heavy atom. The number of hydrogen-bond acceptors (Lipinski definition) is 4. The molecule has 2 aromatic carbocycles. The van der Waals surface area contributed by atoms with E-state index >= 15 is 0 Å². The average Bonchev–Trinajstić information content (AvgIpc) is 2.62. The molecule has 6 nitrogen and oxygen atoms in total. The van der Waals surface area contributed by atoms with Gasteiger partial charge in [0.1, 0.15) is 5.75 Å². The Morgan fingerprint density at radius 1 is 1.12 bits per heavy atom. The third-order valence-electron chi connectivity index (χ3n) is 4.26. The summed E-state index contributed by atoms with van der Waals surface area (Å²) in [5.41, 5.74) is 2.31. The molecule has 1 N–H and O–H groups in total. The first-order chi connectivity index (χ1) is 12.1. The highest BCUT2D eigenvalue weighted by Gasteiger charge is 2.37. The van der Waals surface area contributed by atoms with E-state index in [1.165, 1.54) is 8.61 Å². The van der Waals surface area contributed by atoms with Crippen molar-refractivity contribution in [2.75, 3.05) is 31.6 Å². The van der Waals surface area contributed by atoms with Gasteiger partial charge in [0.25, 0.3) is 0 Å². The maximum absolute atomic E-state index is 13.2. The predicted octanol–water partition coefficient (Wildman–Crippen LogP) is 2.50. The molecule has 0 amide bonds. The molecule has 0 saturated heterocycles. The van der Waals surface area contributed by atoms with E-state index in [-0.39, 0.29) is 0 Å². The number of para-hydroxylation sites is 1. The number of nitrogens with zero attached hydrogens (tertiary/aromatic N) is 2. The van der Waals surface area contributed by atoms with Crippen LogP contribution in [0.25, 0.3) is 0 Å². The zero-order valence-corrected chi connectivity index (χ0v) is 15.3. The first kappa shape index (κ1) is 17.7. The van der Waals surface area contributed by atoms with Gasteiger partial charge in [-0.2, -0.15) is 12.7 Å². The molecule has 0 fully saturated rings. The lowest BCUT2D eigenvalue weighted by Gasteiger charge is -2.37. The van der Waals surface area contributed by atoms with Crippen molar-refractivity contribution in [1.29, 1.82) is 0 Å². The largest absolute Gasteiger partial charge is 0.497 e. The second-order valence-electron chi connectivity index (χ2n) is 5.89. The Balaban J connectivity index is 2.03. The SMILES string of the molecule is CNCCCN1Cc2ccccc2N(c2ccc(OC)cc2)S1(=O)=O. The lowest BCUT2D eigenvalue weighted by atomic mass is 10.1. The van der Waals surface area contributed by atoms with Crippen molar-refractivity contribution in [2.24, 2.45) is 0 Å². The number of ether oxygens (including phenoxy) is 1. The highest BCUT2D eigenvalue weighted by molar-refractivity contribution is 7.90. The lowest BCUT2D eigenvalue weighted by molar-refractivity contribution is 0.392. The van der Waals surface area contributed by atoms with Crippen LogP contribution in [0.3, 0.4) is 0 Å². The normalized spacial score (nSPS) is 16.5. The minimum Gasteiger partial charge on any atom is -0.497 e. The molecular weight excluding hydrogens is 338 g/mol. The Bertz CT molecular complexity index is 822. The molecule has 0 spiro atoms. The van der Waals surface area contributed by atoms with E-state index in [1.807, 2.05) is 31.3 Å². The third-order valence-corrected chi connectivity index (χ3v) is 6.09. The first-order valence-electron chi connectivity index (χ1n) is 8.25. The number of methoxy groups -OCH3 is 1. The van der Waals surface area contributed by atoms with Gasteiger partial charge in [0.05, 0.1) is 18.5 Å². The minimum atomic E-state index is -3.63. The van der Waals surface area contributed by atoms with E-state index < -0.39 is 10.2 Å². The zero-order chi connectivity index (χ0) is 17.9. The molecular formula is C18H23N3O3S. The maximum Gasteiger partial charge on any atom is 0.308 e. The summed E-state index contributed by atoms with van der Waals surface area (Å²) in [5.74, 6) is 0.692. The van der Waals surface area contributed by atoms with Crippen molar-refractivity contribution in [1.82, 2.24) is 9.62 Å². The molecule has 0 bridgehead atoms. The van der Waals surface area contributed by atoms with Crippen LogP contribution in [0, 0.1) is 0 Å². The van der Waals surface area contributed by atoms with Gasteiger partial charge in [0.2, 0.25) is 0 Å². The molecule has 134 valence electrons. The molecule has 0 aliphatic carbocycles. The summed E-state index contributed by atoms with van der Waals surface area (Å²) in [6.07, 6.45) is 0.758. The number of rotatable bonds is 6. The molecule has 0 aromatic heterocycles. The van der Waals surface area contributed by atoms with E-state index in [9.17, 15) is 8.42 Å². The van der Waals surface area contributed by atoms with Gasteiger partial charge >= 0.3 is 10.2 Å². The van der Waals surface area contributed by atoms with Crippen molar-refractivity contribution in [3.8, 4) is 5.75 Å². The van der Waals surface area contributed by atoms with Gasteiger partial charge in [-0.25, -0.2) is 4.31 Å². The fourth-order valence-electron chi connectivity index (χ4n) is 2.97. The van der Waals surface area contributed by atoms with Gasteiger partial charge in [0.15, 0.2) is 0 Å². The van der Waals surface area contributed by atoms with Gasteiger partial charge < -0.3 is 10.1 Å². The molecule has 0 atom stereocenters. The summed E-state index contributed by atoms with van der Waals surface area (Å²) in [6.45, 7) is 1.65.